The zero-order valence-electron chi connectivity index (χ0n) is 12.0. The van der Waals surface area contributed by atoms with Crippen LogP contribution < -0.4 is 0 Å². The number of amides is 1. The summed E-state index contributed by atoms with van der Waals surface area (Å²) in [5.74, 6) is -1.16. The number of aliphatic carboxylic acids is 1. The van der Waals surface area contributed by atoms with Crippen LogP contribution in [0.25, 0.3) is 0 Å². The van der Waals surface area contributed by atoms with Crippen molar-refractivity contribution >= 4 is 50.9 Å². The first-order valence-electron chi connectivity index (χ1n) is 6.51. The van der Waals surface area contributed by atoms with Gasteiger partial charge in [0.25, 0.3) is 0 Å². The predicted octanol–water partition coefficient (Wildman–Crippen LogP) is 4.56. The van der Waals surface area contributed by atoms with Gasteiger partial charge in [-0.05, 0) is 27.6 Å². The Morgan fingerprint density at radius 3 is 2.57 bits per heavy atom. The fourth-order valence-corrected chi connectivity index (χ4v) is 3.78. The molecule has 1 amide bonds. The first-order valence-corrected chi connectivity index (χ1v) is 8.50. The Hall–Kier alpha value is -1.57. The van der Waals surface area contributed by atoms with E-state index in [9.17, 15) is 14.7 Å². The van der Waals surface area contributed by atoms with Crippen molar-refractivity contribution in [2.45, 2.75) is 12.6 Å². The van der Waals surface area contributed by atoms with Crippen LogP contribution in [0.2, 0.25) is 4.34 Å². The first-order chi connectivity index (χ1) is 10.9. The molecule has 122 valence electrons. The average molecular weight is 419 g/mol. The van der Waals surface area contributed by atoms with Crippen molar-refractivity contribution in [2.24, 2.45) is 0 Å². The minimum atomic E-state index is -1.16. The number of nitrogens with zero attached hydrogens (tertiary/aromatic N) is 1. The van der Waals surface area contributed by atoms with Crippen LogP contribution in [0.3, 0.4) is 0 Å². The Morgan fingerprint density at radius 1 is 1.39 bits per heavy atom. The van der Waals surface area contributed by atoms with E-state index in [4.69, 9.17) is 16.3 Å². The molecule has 23 heavy (non-hydrogen) atoms. The molecule has 1 aromatic carbocycles. The smallest absolute Gasteiger partial charge is 0.410 e. The molecule has 5 nitrogen and oxygen atoms in total. The van der Waals surface area contributed by atoms with E-state index in [1.54, 1.807) is 6.07 Å². The molecule has 0 bridgehead atoms. The molecule has 0 fully saturated rings. The number of rotatable bonds is 5. The fourth-order valence-electron chi connectivity index (χ4n) is 1.90. The Kier molecular flexibility index (Phi) is 6.04. The lowest BCUT2D eigenvalue weighted by Crippen LogP contribution is -2.35. The van der Waals surface area contributed by atoms with Gasteiger partial charge in [0.05, 0.1) is 0 Å². The van der Waals surface area contributed by atoms with Crippen LogP contribution in [0.1, 0.15) is 16.5 Å². The third-order valence-electron chi connectivity index (χ3n) is 3.05. The summed E-state index contributed by atoms with van der Waals surface area (Å²) in [5, 5.41) is 9.43. The summed E-state index contributed by atoms with van der Waals surface area (Å²) in [4.78, 5) is 25.1. The number of ether oxygens (including phenoxy) is 1. The number of carboxylic acids is 1. The minimum absolute atomic E-state index is 0.0746. The second kappa shape index (κ2) is 7.81. The highest BCUT2D eigenvalue weighted by molar-refractivity contribution is 9.10. The molecule has 1 aromatic heterocycles. The molecular weight excluding hydrogens is 406 g/mol. The molecule has 2 rings (SSSR count). The molecule has 0 aliphatic rings. The molecule has 0 saturated heterocycles. The lowest BCUT2D eigenvalue weighted by molar-refractivity contribution is -0.142. The highest BCUT2D eigenvalue weighted by atomic mass is 79.9. The number of thiophene rings is 1. The summed E-state index contributed by atoms with van der Waals surface area (Å²) in [6.07, 6.45) is -0.720. The summed E-state index contributed by atoms with van der Waals surface area (Å²) in [6, 6.07) is 9.59. The Bertz CT molecular complexity index is 687. The van der Waals surface area contributed by atoms with Gasteiger partial charge in [0.15, 0.2) is 6.04 Å². The normalized spacial score (nSPS) is 11.8. The van der Waals surface area contributed by atoms with Gasteiger partial charge in [0, 0.05) is 16.4 Å². The standard InChI is InChI=1S/C15H13BrClNO4S/c1-18(15(21)22-8-9-5-3-2-4-6-9)12(14(19)20)11-7-10(16)13(17)23-11/h2-7,12H,8H2,1H3,(H,19,20). The average Bonchev–Trinajstić information content (AvgIpc) is 2.84. The van der Waals surface area contributed by atoms with Crippen molar-refractivity contribution in [3.05, 3.63) is 55.6 Å². The summed E-state index contributed by atoms with van der Waals surface area (Å²) in [6.45, 7) is 0.0746. The summed E-state index contributed by atoms with van der Waals surface area (Å²) < 4.78 is 6.19. The van der Waals surface area contributed by atoms with Gasteiger partial charge >= 0.3 is 12.1 Å². The molecule has 1 heterocycles. The summed E-state index contributed by atoms with van der Waals surface area (Å²) >= 11 is 10.3. The molecule has 8 heteroatoms. The van der Waals surface area contributed by atoms with Crippen LogP contribution in [0, 0.1) is 0 Å². The fraction of sp³-hybridized carbons (Fsp3) is 0.200. The van der Waals surface area contributed by atoms with E-state index in [2.05, 4.69) is 15.9 Å². The van der Waals surface area contributed by atoms with Crippen molar-refractivity contribution in [3.63, 3.8) is 0 Å². The van der Waals surface area contributed by atoms with Crippen molar-refractivity contribution in [1.29, 1.82) is 0 Å². The zero-order chi connectivity index (χ0) is 17.0. The van der Waals surface area contributed by atoms with Crippen molar-refractivity contribution in [3.8, 4) is 0 Å². The molecule has 2 aromatic rings. The van der Waals surface area contributed by atoms with E-state index in [1.807, 2.05) is 30.3 Å². The number of carboxylic acid groups (broad SMARTS) is 1. The van der Waals surface area contributed by atoms with Crippen LogP contribution in [-0.2, 0) is 16.1 Å². The molecule has 0 aliphatic heterocycles. The van der Waals surface area contributed by atoms with Crippen LogP contribution in [0.4, 0.5) is 4.79 Å². The second-order valence-electron chi connectivity index (χ2n) is 4.66. The van der Waals surface area contributed by atoms with E-state index in [0.29, 0.717) is 13.7 Å². The Balaban J connectivity index is 2.09. The van der Waals surface area contributed by atoms with Gasteiger partial charge in [-0.1, -0.05) is 41.9 Å². The third kappa shape index (κ3) is 4.46. The molecular formula is C15H13BrClNO4S. The number of hydrogen-bond acceptors (Lipinski definition) is 4. The maximum Gasteiger partial charge on any atom is 0.410 e. The van der Waals surface area contributed by atoms with Gasteiger partial charge in [-0.2, -0.15) is 0 Å². The minimum Gasteiger partial charge on any atom is -0.479 e. The Morgan fingerprint density at radius 2 is 2.04 bits per heavy atom. The molecule has 0 spiro atoms. The van der Waals surface area contributed by atoms with Crippen LogP contribution in [0.5, 0.6) is 0 Å². The molecule has 1 unspecified atom stereocenters. The van der Waals surface area contributed by atoms with Gasteiger partial charge in [-0.25, -0.2) is 9.59 Å². The van der Waals surface area contributed by atoms with Crippen molar-refractivity contribution in [2.75, 3.05) is 7.05 Å². The van der Waals surface area contributed by atoms with Crippen molar-refractivity contribution in [1.82, 2.24) is 4.90 Å². The van der Waals surface area contributed by atoms with Crippen LogP contribution in [-0.4, -0.2) is 29.1 Å². The Labute approximate surface area is 150 Å². The lowest BCUT2D eigenvalue weighted by Gasteiger charge is -2.23. The van der Waals surface area contributed by atoms with E-state index >= 15 is 0 Å². The van der Waals surface area contributed by atoms with E-state index in [0.717, 1.165) is 21.8 Å². The highest BCUT2D eigenvalue weighted by Crippen LogP contribution is 2.37. The third-order valence-corrected chi connectivity index (χ3v) is 5.58. The second-order valence-corrected chi connectivity index (χ2v) is 7.20. The first kappa shape index (κ1) is 17.8. The molecule has 0 aliphatic carbocycles. The predicted molar refractivity (Wildman–Crippen MR) is 91.8 cm³/mol. The highest BCUT2D eigenvalue weighted by Gasteiger charge is 2.31. The zero-order valence-corrected chi connectivity index (χ0v) is 15.2. The number of hydrogen-bond donors (Lipinski definition) is 1. The van der Waals surface area contributed by atoms with E-state index in [-0.39, 0.29) is 6.61 Å². The molecule has 0 radical (unpaired) electrons. The molecule has 1 N–H and O–H groups in total. The quantitative estimate of drug-likeness (QED) is 0.773. The number of carbonyl (C=O) groups is 2. The summed E-state index contributed by atoms with van der Waals surface area (Å²) in [5.41, 5.74) is 0.822. The number of halogens is 2. The van der Waals surface area contributed by atoms with Gasteiger partial charge < -0.3 is 9.84 Å². The van der Waals surface area contributed by atoms with Gasteiger partial charge in [0.1, 0.15) is 10.9 Å². The van der Waals surface area contributed by atoms with Gasteiger partial charge in [0.2, 0.25) is 0 Å². The number of benzene rings is 1. The van der Waals surface area contributed by atoms with E-state index < -0.39 is 18.1 Å². The van der Waals surface area contributed by atoms with Crippen molar-refractivity contribution < 1.29 is 19.4 Å². The van der Waals surface area contributed by atoms with Crippen LogP contribution in [0.15, 0.2) is 40.9 Å². The number of likely N-dealkylation sites (N-methyl/N-ethyl adjacent to an activating group) is 1. The van der Waals surface area contributed by atoms with Crippen LogP contribution >= 0.6 is 38.9 Å². The van der Waals surface area contributed by atoms with Gasteiger partial charge in [-0.15, -0.1) is 11.3 Å². The van der Waals surface area contributed by atoms with E-state index in [1.165, 1.54) is 7.05 Å². The maximum absolute atomic E-state index is 12.1. The SMILES string of the molecule is CN(C(=O)OCc1ccccc1)C(C(=O)O)c1cc(Br)c(Cl)s1. The topological polar surface area (TPSA) is 66.8 Å². The summed E-state index contributed by atoms with van der Waals surface area (Å²) in [7, 11) is 1.38. The maximum atomic E-state index is 12.1. The molecule has 0 saturated carbocycles. The van der Waals surface area contributed by atoms with Gasteiger partial charge in [-0.3, -0.25) is 4.90 Å². The molecule has 1 atom stereocenters. The lowest BCUT2D eigenvalue weighted by atomic mass is 10.2. The largest absolute Gasteiger partial charge is 0.479 e. The number of carbonyl (C=O) groups excluding carboxylic acids is 1. The monoisotopic (exact) mass is 417 g/mol.